The van der Waals surface area contributed by atoms with E-state index in [1.165, 1.54) is 30.8 Å². The molecule has 0 bridgehead atoms. The molecule has 0 unspecified atom stereocenters. The fourth-order valence-electron chi connectivity index (χ4n) is 2.66. The van der Waals surface area contributed by atoms with Crippen molar-refractivity contribution in [2.24, 2.45) is 0 Å². The topological polar surface area (TPSA) is 94.6 Å². The molecule has 2 aromatic carbocycles. The molecule has 0 atom stereocenters. The van der Waals surface area contributed by atoms with Gasteiger partial charge in [0, 0.05) is 19.7 Å². The first-order valence-electron chi connectivity index (χ1n) is 8.58. The van der Waals surface area contributed by atoms with Crippen molar-refractivity contribution >= 4 is 10.0 Å². The van der Waals surface area contributed by atoms with Gasteiger partial charge in [0.05, 0.1) is 11.4 Å². The van der Waals surface area contributed by atoms with Crippen molar-refractivity contribution in [1.29, 1.82) is 0 Å². The number of nitrogens with zero attached hydrogens (tertiary/aromatic N) is 3. The number of benzene rings is 2. The Morgan fingerprint density at radius 3 is 2.43 bits per heavy atom. The molecule has 0 saturated heterocycles. The Bertz CT molecular complexity index is 1110. The zero-order valence-corrected chi connectivity index (χ0v) is 16.6. The van der Waals surface area contributed by atoms with Crippen LogP contribution in [0.15, 0.2) is 62.7 Å². The summed E-state index contributed by atoms with van der Waals surface area (Å²) < 4.78 is 37.2. The molecular weight excluding hydrogens is 382 g/mol. The van der Waals surface area contributed by atoms with E-state index in [4.69, 9.17) is 9.26 Å². The molecule has 1 aromatic heterocycles. The van der Waals surface area contributed by atoms with Crippen molar-refractivity contribution in [3.63, 3.8) is 0 Å². The Hall–Kier alpha value is -2.91. The van der Waals surface area contributed by atoms with Gasteiger partial charge in [0.2, 0.25) is 10.0 Å². The number of hydrogen-bond acceptors (Lipinski definition) is 6. The van der Waals surface area contributed by atoms with Gasteiger partial charge in [0.1, 0.15) is 12.4 Å². The Kier molecular flexibility index (Phi) is 5.66. The average molecular weight is 403 g/mol. The van der Waals surface area contributed by atoms with E-state index >= 15 is 0 Å². The van der Waals surface area contributed by atoms with Gasteiger partial charge < -0.3 is 4.74 Å². The van der Waals surface area contributed by atoms with Gasteiger partial charge in [0.15, 0.2) is 5.82 Å². The van der Waals surface area contributed by atoms with Crippen LogP contribution in [0.3, 0.4) is 0 Å². The number of aromatic nitrogens is 2. The maximum Gasteiger partial charge on any atom is 0.441 e. The van der Waals surface area contributed by atoms with Crippen LogP contribution in [0.4, 0.5) is 0 Å². The highest BCUT2D eigenvalue weighted by molar-refractivity contribution is 7.89. The monoisotopic (exact) mass is 403 g/mol. The molecule has 0 aliphatic rings. The molecule has 1 heterocycles. The average Bonchev–Trinajstić information content (AvgIpc) is 3.03. The maximum atomic E-state index is 12.1. The van der Waals surface area contributed by atoms with Gasteiger partial charge in [-0.05, 0) is 36.8 Å². The highest BCUT2D eigenvalue weighted by atomic mass is 32.2. The van der Waals surface area contributed by atoms with E-state index in [-0.39, 0.29) is 18.0 Å². The summed E-state index contributed by atoms with van der Waals surface area (Å²) in [6, 6.07) is 13.7. The highest BCUT2D eigenvalue weighted by Gasteiger charge is 2.17. The molecule has 3 rings (SSSR count). The second kappa shape index (κ2) is 7.99. The van der Waals surface area contributed by atoms with E-state index in [0.29, 0.717) is 11.6 Å². The van der Waals surface area contributed by atoms with Gasteiger partial charge in [0.25, 0.3) is 0 Å². The van der Waals surface area contributed by atoms with Gasteiger partial charge in [-0.1, -0.05) is 29.4 Å². The summed E-state index contributed by atoms with van der Waals surface area (Å²) in [6.07, 6.45) is 0. The van der Waals surface area contributed by atoms with Gasteiger partial charge in [-0.15, -0.1) is 0 Å². The summed E-state index contributed by atoms with van der Waals surface area (Å²) in [5, 5.41) is 3.88. The molecule has 0 saturated carbocycles. The van der Waals surface area contributed by atoms with E-state index in [1.807, 2.05) is 31.2 Å². The molecule has 0 N–H and O–H groups in total. The fourth-order valence-corrected chi connectivity index (χ4v) is 3.56. The van der Waals surface area contributed by atoms with Crippen LogP contribution in [0, 0.1) is 6.92 Å². The molecule has 0 amide bonds. The Balaban J connectivity index is 1.71. The first kappa shape index (κ1) is 19.8. The standard InChI is InChI=1S/C19H21N3O5S/c1-14-6-4-5-7-17(14)18-20-27-19(23)22(18)12-13-26-15-8-10-16(11-9-15)28(24,25)21(2)3/h4-11H,12-13H2,1-3H3. The summed E-state index contributed by atoms with van der Waals surface area (Å²) >= 11 is 0. The number of ether oxygens (including phenoxy) is 1. The first-order chi connectivity index (χ1) is 13.3. The molecule has 0 spiro atoms. The molecule has 0 radical (unpaired) electrons. The Labute approximate surface area is 163 Å². The second-order valence-electron chi connectivity index (χ2n) is 6.35. The zero-order chi connectivity index (χ0) is 20.3. The third-order valence-corrected chi connectivity index (χ3v) is 6.09. The fraction of sp³-hybridized carbons (Fsp3) is 0.263. The van der Waals surface area contributed by atoms with Gasteiger partial charge >= 0.3 is 5.76 Å². The van der Waals surface area contributed by atoms with Crippen LogP contribution in [-0.4, -0.2) is 43.1 Å². The summed E-state index contributed by atoms with van der Waals surface area (Å²) in [4.78, 5) is 12.2. The minimum atomic E-state index is -3.48. The van der Waals surface area contributed by atoms with E-state index in [9.17, 15) is 13.2 Å². The number of hydrogen-bond donors (Lipinski definition) is 0. The lowest BCUT2D eigenvalue weighted by molar-refractivity contribution is 0.290. The molecule has 8 nitrogen and oxygen atoms in total. The van der Waals surface area contributed by atoms with Crippen molar-refractivity contribution < 1.29 is 17.7 Å². The molecule has 3 aromatic rings. The van der Waals surface area contributed by atoms with Crippen LogP contribution >= 0.6 is 0 Å². The molecule has 28 heavy (non-hydrogen) atoms. The van der Waals surface area contributed by atoms with Gasteiger partial charge in [-0.25, -0.2) is 17.5 Å². The van der Waals surface area contributed by atoms with E-state index in [1.54, 1.807) is 12.1 Å². The third-order valence-electron chi connectivity index (χ3n) is 4.26. The number of aryl methyl sites for hydroxylation is 1. The summed E-state index contributed by atoms with van der Waals surface area (Å²) in [6.45, 7) is 2.36. The van der Waals surface area contributed by atoms with E-state index < -0.39 is 15.8 Å². The molecular formula is C19H21N3O5S. The predicted octanol–water partition coefficient (Wildman–Crippen LogP) is 2.14. The lowest BCUT2D eigenvalue weighted by Crippen LogP contribution is -2.22. The molecule has 9 heteroatoms. The van der Waals surface area contributed by atoms with Crippen LogP contribution in [0.1, 0.15) is 5.56 Å². The smallest absolute Gasteiger partial charge is 0.441 e. The highest BCUT2D eigenvalue weighted by Crippen LogP contribution is 2.21. The van der Waals surface area contributed by atoms with E-state index in [0.717, 1.165) is 15.4 Å². The SMILES string of the molecule is Cc1ccccc1-c1noc(=O)n1CCOc1ccc(S(=O)(=O)N(C)C)cc1. The van der Waals surface area contributed by atoms with Crippen molar-refractivity contribution in [2.45, 2.75) is 18.4 Å². The quantitative estimate of drug-likeness (QED) is 0.600. The minimum Gasteiger partial charge on any atom is -0.492 e. The van der Waals surface area contributed by atoms with Crippen LogP contribution in [0.5, 0.6) is 5.75 Å². The summed E-state index contributed by atoms with van der Waals surface area (Å²) in [7, 11) is -0.535. The molecule has 0 aliphatic heterocycles. The van der Waals surface area contributed by atoms with Crippen molar-refractivity contribution in [3.8, 4) is 17.1 Å². The van der Waals surface area contributed by atoms with Crippen LogP contribution in [0.2, 0.25) is 0 Å². The molecule has 0 fully saturated rings. The van der Waals surface area contributed by atoms with E-state index in [2.05, 4.69) is 5.16 Å². The van der Waals surface area contributed by atoms with Crippen LogP contribution in [0.25, 0.3) is 11.4 Å². The molecule has 148 valence electrons. The van der Waals surface area contributed by atoms with Crippen LogP contribution in [-0.2, 0) is 16.6 Å². The maximum absolute atomic E-state index is 12.1. The Morgan fingerprint density at radius 1 is 1.11 bits per heavy atom. The largest absolute Gasteiger partial charge is 0.492 e. The van der Waals surface area contributed by atoms with Crippen molar-refractivity contribution in [1.82, 2.24) is 14.0 Å². The summed E-state index contributed by atoms with van der Waals surface area (Å²) in [5.41, 5.74) is 1.79. The number of rotatable bonds is 7. The lowest BCUT2D eigenvalue weighted by Gasteiger charge is -2.12. The van der Waals surface area contributed by atoms with Crippen molar-refractivity contribution in [3.05, 3.63) is 64.6 Å². The minimum absolute atomic E-state index is 0.182. The normalized spacial score (nSPS) is 11.7. The predicted molar refractivity (Wildman–Crippen MR) is 104 cm³/mol. The second-order valence-corrected chi connectivity index (χ2v) is 8.50. The zero-order valence-electron chi connectivity index (χ0n) is 15.8. The Morgan fingerprint density at radius 2 is 1.79 bits per heavy atom. The van der Waals surface area contributed by atoms with Crippen molar-refractivity contribution in [2.75, 3.05) is 20.7 Å². The van der Waals surface area contributed by atoms with Gasteiger partial charge in [-0.2, -0.15) is 0 Å². The molecule has 0 aliphatic carbocycles. The van der Waals surface area contributed by atoms with Crippen LogP contribution < -0.4 is 10.5 Å². The third kappa shape index (κ3) is 4.00. The first-order valence-corrected chi connectivity index (χ1v) is 10.0. The lowest BCUT2D eigenvalue weighted by atomic mass is 10.1. The van der Waals surface area contributed by atoms with Gasteiger partial charge in [-0.3, -0.25) is 9.09 Å². The summed E-state index contributed by atoms with van der Waals surface area (Å²) in [5.74, 6) is 0.382. The number of sulfonamides is 1.